The van der Waals surface area contributed by atoms with Crippen LogP contribution in [0.5, 0.6) is 0 Å². The van der Waals surface area contributed by atoms with E-state index in [4.69, 9.17) is 10.3 Å². The van der Waals surface area contributed by atoms with Gasteiger partial charge in [0.25, 0.3) is 0 Å². The highest BCUT2D eigenvalue weighted by Gasteiger charge is 2.17. The van der Waals surface area contributed by atoms with Crippen molar-refractivity contribution >= 4 is 33.2 Å². The van der Waals surface area contributed by atoms with Crippen molar-refractivity contribution in [3.8, 4) is 10.6 Å². The highest BCUT2D eigenvalue weighted by atomic mass is 79.9. The number of rotatable bonds is 3. The van der Waals surface area contributed by atoms with Gasteiger partial charge in [-0.05, 0) is 40.4 Å². The van der Waals surface area contributed by atoms with Gasteiger partial charge in [-0.15, -0.1) is 11.3 Å². The number of thiophene rings is 1. The summed E-state index contributed by atoms with van der Waals surface area (Å²) < 4.78 is 6.16. The van der Waals surface area contributed by atoms with Gasteiger partial charge in [0.1, 0.15) is 5.69 Å². The van der Waals surface area contributed by atoms with Gasteiger partial charge in [0, 0.05) is 5.56 Å². The predicted molar refractivity (Wildman–Crippen MR) is 70.5 cm³/mol. The number of anilines is 1. The van der Waals surface area contributed by atoms with Crippen LogP contribution in [0.3, 0.4) is 0 Å². The Kier molecular flexibility index (Phi) is 3.35. The van der Waals surface area contributed by atoms with Crippen LogP contribution in [0.1, 0.15) is 19.4 Å². The summed E-state index contributed by atoms with van der Waals surface area (Å²) in [4.78, 5) is 1.09. The summed E-state index contributed by atoms with van der Waals surface area (Å²) in [6, 6.07) is 4.03. The van der Waals surface area contributed by atoms with Crippen LogP contribution >= 0.6 is 27.3 Å². The van der Waals surface area contributed by atoms with Crippen molar-refractivity contribution in [1.29, 1.82) is 0 Å². The van der Waals surface area contributed by atoms with Crippen molar-refractivity contribution < 1.29 is 4.52 Å². The molecule has 0 unspecified atom stereocenters. The predicted octanol–water partition coefficient (Wildman–Crippen LogP) is 3.95. The van der Waals surface area contributed by atoms with E-state index in [9.17, 15) is 0 Å². The average Bonchev–Trinajstić information content (AvgIpc) is 2.75. The van der Waals surface area contributed by atoms with Crippen molar-refractivity contribution in [1.82, 2.24) is 5.16 Å². The molecule has 86 valence electrons. The standard InChI is InChI=1S/C11H13BrN2OS/c1-6(2)5-7-10(14-15-11(7)13)8-3-4-9(12)16-8/h3-4,6H,5,13H2,1-2H3. The van der Waals surface area contributed by atoms with Crippen molar-refractivity contribution in [2.75, 3.05) is 5.73 Å². The molecule has 0 aliphatic heterocycles. The van der Waals surface area contributed by atoms with Crippen LogP contribution in [-0.4, -0.2) is 5.16 Å². The van der Waals surface area contributed by atoms with E-state index in [1.165, 1.54) is 0 Å². The van der Waals surface area contributed by atoms with E-state index in [2.05, 4.69) is 34.9 Å². The maximum Gasteiger partial charge on any atom is 0.225 e. The second-order valence-corrected chi connectivity index (χ2v) is 6.54. The van der Waals surface area contributed by atoms with Crippen molar-refractivity contribution in [3.63, 3.8) is 0 Å². The summed E-state index contributed by atoms with van der Waals surface area (Å²) in [7, 11) is 0. The third-order valence-electron chi connectivity index (χ3n) is 2.24. The molecule has 2 rings (SSSR count). The maximum atomic E-state index is 5.80. The van der Waals surface area contributed by atoms with Gasteiger partial charge < -0.3 is 10.3 Å². The lowest BCUT2D eigenvalue weighted by molar-refractivity contribution is 0.438. The molecule has 0 aromatic carbocycles. The zero-order chi connectivity index (χ0) is 11.7. The molecule has 2 aromatic rings. The number of hydrogen-bond donors (Lipinski definition) is 1. The Balaban J connectivity index is 2.41. The first-order valence-corrected chi connectivity index (χ1v) is 6.68. The molecule has 0 bridgehead atoms. The zero-order valence-electron chi connectivity index (χ0n) is 9.16. The van der Waals surface area contributed by atoms with E-state index >= 15 is 0 Å². The molecule has 0 saturated heterocycles. The van der Waals surface area contributed by atoms with Crippen LogP contribution in [0.4, 0.5) is 5.88 Å². The molecule has 3 nitrogen and oxygen atoms in total. The first-order chi connectivity index (χ1) is 7.58. The van der Waals surface area contributed by atoms with Gasteiger partial charge in [-0.2, -0.15) is 0 Å². The van der Waals surface area contributed by atoms with E-state index in [0.717, 1.165) is 26.3 Å². The molecule has 16 heavy (non-hydrogen) atoms. The Bertz CT molecular complexity index is 490. The van der Waals surface area contributed by atoms with Gasteiger partial charge in [0.15, 0.2) is 0 Å². The summed E-state index contributed by atoms with van der Waals surface area (Å²) in [5.74, 6) is 0.970. The first-order valence-electron chi connectivity index (χ1n) is 5.07. The molecule has 5 heteroatoms. The monoisotopic (exact) mass is 300 g/mol. The number of hydrogen-bond acceptors (Lipinski definition) is 4. The third-order valence-corrected chi connectivity index (χ3v) is 3.87. The Morgan fingerprint density at radius 2 is 2.25 bits per heavy atom. The SMILES string of the molecule is CC(C)Cc1c(-c2ccc(Br)s2)noc1N. The van der Waals surface area contributed by atoms with Gasteiger partial charge >= 0.3 is 0 Å². The van der Waals surface area contributed by atoms with Gasteiger partial charge in [0.05, 0.1) is 8.66 Å². The fourth-order valence-electron chi connectivity index (χ4n) is 1.56. The van der Waals surface area contributed by atoms with Gasteiger partial charge in [-0.3, -0.25) is 0 Å². The molecule has 0 aliphatic carbocycles. The minimum atomic E-state index is 0.438. The molecule has 0 amide bonds. The summed E-state index contributed by atoms with van der Waals surface area (Å²) in [5.41, 5.74) is 7.69. The van der Waals surface area contributed by atoms with Crippen LogP contribution in [-0.2, 0) is 6.42 Å². The normalized spacial score (nSPS) is 11.2. The number of nitrogen functional groups attached to an aromatic ring is 1. The Labute approximate surface area is 107 Å². The van der Waals surface area contributed by atoms with E-state index in [0.29, 0.717) is 11.8 Å². The van der Waals surface area contributed by atoms with Crippen molar-refractivity contribution in [2.45, 2.75) is 20.3 Å². The smallest absolute Gasteiger partial charge is 0.225 e. The lowest BCUT2D eigenvalue weighted by atomic mass is 10.0. The molecule has 2 N–H and O–H groups in total. The molecule has 0 radical (unpaired) electrons. The van der Waals surface area contributed by atoms with Crippen LogP contribution in [0, 0.1) is 5.92 Å². The topological polar surface area (TPSA) is 52.0 Å². The number of nitrogens with two attached hydrogens (primary N) is 1. The summed E-state index contributed by atoms with van der Waals surface area (Å²) in [6.07, 6.45) is 0.889. The molecule has 2 aromatic heterocycles. The van der Waals surface area contributed by atoms with Crippen LogP contribution < -0.4 is 5.73 Å². The second-order valence-electron chi connectivity index (χ2n) is 4.08. The van der Waals surface area contributed by atoms with E-state index in [1.807, 2.05) is 12.1 Å². The maximum absolute atomic E-state index is 5.80. The quantitative estimate of drug-likeness (QED) is 0.934. The summed E-state index contributed by atoms with van der Waals surface area (Å²) in [6.45, 7) is 4.31. The third kappa shape index (κ3) is 2.30. The number of halogens is 1. The molecule has 0 aliphatic rings. The molecular formula is C11H13BrN2OS. The number of nitrogens with zero attached hydrogens (tertiary/aromatic N) is 1. The van der Waals surface area contributed by atoms with Crippen LogP contribution in [0.25, 0.3) is 10.6 Å². The van der Waals surface area contributed by atoms with Gasteiger partial charge in [-0.1, -0.05) is 19.0 Å². The van der Waals surface area contributed by atoms with E-state index in [1.54, 1.807) is 11.3 Å². The van der Waals surface area contributed by atoms with Crippen molar-refractivity contribution in [3.05, 3.63) is 21.5 Å². The summed E-state index contributed by atoms with van der Waals surface area (Å²) >= 11 is 5.07. The molecule has 0 atom stereocenters. The average molecular weight is 301 g/mol. The van der Waals surface area contributed by atoms with E-state index in [-0.39, 0.29) is 0 Å². The van der Waals surface area contributed by atoms with Gasteiger partial charge in [0.2, 0.25) is 5.88 Å². The molecular weight excluding hydrogens is 288 g/mol. The second kappa shape index (κ2) is 4.59. The Morgan fingerprint density at radius 3 is 2.81 bits per heavy atom. The lowest BCUT2D eigenvalue weighted by Gasteiger charge is -2.03. The Morgan fingerprint density at radius 1 is 1.50 bits per heavy atom. The lowest BCUT2D eigenvalue weighted by Crippen LogP contribution is -1.98. The molecule has 0 spiro atoms. The zero-order valence-corrected chi connectivity index (χ0v) is 11.6. The first kappa shape index (κ1) is 11.7. The van der Waals surface area contributed by atoms with Crippen LogP contribution in [0.2, 0.25) is 0 Å². The minimum Gasteiger partial charge on any atom is -0.367 e. The highest BCUT2D eigenvalue weighted by Crippen LogP contribution is 2.35. The highest BCUT2D eigenvalue weighted by molar-refractivity contribution is 9.11. The minimum absolute atomic E-state index is 0.438. The van der Waals surface area contributed by atoms with Gasteiger partial charge in [-0.25, -0.2) is 0 Å². The number of aromatic nitrogens is 1. The fourth-order valence-corrected chi connectivity index (χ4v) is 2.96. The van der Waals surface area contributed by atoms with Crippen molar-refractivity contribution in [2.24, 2.45) is 5.92 Å². The summed E-state index contributed by atoms with van der Waals surface area (Å²) in [5, 5.41) is 4.04. The molecule has 0 saturated carbocycles. The van der Waals surface area contributed by atoms with Crippen LogP contribution in [0.15, 0.2) is 20.4 Å². The molecule has 0 fully saturated rings. The largest absolute Gasteiger partial charge is 0.367 e. The Hall–Kier alpha value is -0.810. The molecule has 2 heterocycles. The fraction of sp³-hybridized carbons (Fsp3) is 0.364. The van der Waals surface area contributed by atoms with E-state index < -0.39 is 0 Å².